The molecular formula is C45H36N2. The Hall–Kier alpha value is -5.60. The first-order valence-corrected chi connectivity index (χ1v) is 16.6. The highest BCUT2D eigenvalue weighted by Crippen LogP contribution is 2.54. The fraction of sp³-hybridized carbons (Fsp3) is 0.111. The first kappa shape index (κ1) is 27.7. The number of anilines is 5. The second-order valence-electron chi connectivity index (χ2n) is 13.3. The summed E-state index contributed by atoms with van der Waals surface area (Å²) >= 11 is 0. The van der Waals surface area contributed by atoms with Gasteiger partial charge in [-0.15, -0.1) is 0 Å². The van der Waals surface area contributed by atoms with Crippen molar-refractivity contribution in [1.82, 2.24) is 0 Å². The quantitative estimate of drug-likeness (QED) is 0.193. The van der Waals surface area contributed by atoms with Crippen molar-refractivity contribution in [2.45, 2.75) is 31.2 Å². The van der Waals surface area contributed by atoms with Crippen LogP contribution in [-0.4, -0.2) is 6.04 Å². The molecule has 0 saturated carbocycles. The zero-order chi connectivity index (χ0) is 31.5. The molecule has 2 atom stereocenters. The number of nitrogens with zero attached hydrogens (tertiary/aromatic N) is 2. The van der Waals surface area contributed by atoms with Gasteiger partial charge in [0.2, 0.25) is 0 Å². The Morgan fingerprint density at radius 3 is 2.00 bits per heavy atom. The molecule has 0 N–H and O–H groups in total. The highest BCUT2D eigenvalue weighted by Gasteiger charge is 2.39. The van der Waals surface area contributed by atoms with E-state index in [1.165, 1.54) is 56.0 Å². The summed E-state index contributed by atoms with van der Waals surface area (Å²) in [4.78, 5) is 4.95. The first-order valence-electron chi connectivity index (χ1n) is 16.6. The van der Waals surface area contributed by atoms with Crippen LogP contribution in [0.4, 0.5) is 28.4 Å². The van der Waals surface area contributed by atoms with E-state index >= 15 is 0 Å². The summed E-state index contributed by atoms with van der Waals surface area (Å²) in [5, 5.41) is 0. The maximum Gasteiger partial charge on any atom is 0.0629 e. The van der Waals surface area contributed by atoms with E-state index in [0.717, 1.165) is 11.4 Å². The number of fused-ring (bicyclic) bond motifs is 6. The lowest BCUT2D eigenvalue weighted by molar-refractivity contribution is 0.660. The van der Waals surface area contributed by atoms with E-state index in [9.17, 15) is 0 Å². The van der Waals surface area contributed by atoms with Crippen molar-refractivity contribution in [3.05, 3.63) is 187 Å². The van der Waals surface area contributed by atoms with Gasteiger partial charge in [0, 0.05) is 39.6 Å². The third kappa shape index (κ3) is 4.32. The molecule has 3 aliphatic rings. The maximum absolute atomic E-state index is 2.50. The third-order valence-electron chi connectivity index (χ3n) is 10.4. The summed E-state index contributed by atoms with van der Waals surface area (Å²) in [6.45, 7) is 4.70. The van der Waals surface area contributed by atoms with Gasteiger partial charge in [-0.3, -0.25) is 0 Å². The zero-order valence-corrected chi connectivity index (χ0v) is 26.7. The lowest BCUT2D eigenvalue weighted by Crippen LogP contribution is -2.28. The number of benzene rings is 6. The standard InChI is InChI=1S/C45H36N2/c1-45(2)39-18-9-6-17-38(39)44-40(45)19-12-22-43(44)46(33-25-23-32(24-26-33)31-13-4-3-5-14-31)34-27-29-35(30-28-34)47-41-20-10-7-15-36(41)37-16-8-11-21-42(37)47/h3-30,36,41H,1-2H3. The summed E-state index contributed by atoms with van der Waals surface area (Å²) in [6.07, 6.45) is 9.05. The molecule has 0 aromatic heterocycles. The molecular weight excluding hydrogens is 569 g/mol. The fourth-order valence-electron chi connectivity index (χ4n) is 8.13. The van der Waals surface area contributed by atoms with Crippen molar-refractivity contribution in [2.75, 3.05) is 9.80 Å². The minimum absolute atomic E-state index is 0.0731. The van der Waals surface area contributed by atoms with Crippen LogP contribution < -0.4 is 9.80 Å². The molecule has 0 saturated heterocycles. The molecule has 1 aliphatic heterocycles. The average molecular weight is 605 g/mol. The van der Waals surface area contributed by atoms with Crippen LogP contribution in [-0.2, 0) is 5.41 Å². The molecule has 226 valence electrons. The molecule has 2 unspecified atom stereocenters. The number of hydrogen-bond acceptors (Lipinski definition) is 2. The third-order valence-corrected chi connectivity index (χ3v) is 10.4. The Bertz CT molecular complexity index is 2170. The summed E-state index contributed by atoms with van der Waals surface area (Å²) in [7, 11) is 0. The Labute approximate surface area is 277 Å². The number of para-hydroxylation sites is 1. The number of rotatable bonds is 5. The van der Waals surface area contributed by atoms with Crippen LogP contribution in [0.5, 0.6) is 0 Å². The minimum Gasteiger partial charge on any atom is -0.333 e. The Morgan fingerprint density at radius 2 is 1.19 bits per heavy atom. The maximum atomic E-state index is 2.50. The van der Waals surface area contributed by atoms with Gasteiger partial charge in [0.15, 0.2) is 0 Å². The largest absolute Gasteiger partial charge is 0.333 e. The van der Waals surface area contributed by atoms with Crippen LogP contribution in [0.1, 0.15) is 36.5 Å². The lowest BCUT2D eigenvalue weighted by Gasteiger charge is -2.31. The molecule has 2 nitrogen and oxygen atoms in total. The fourth-order valence-corrected chi connectivity index (χ4v) is 8.13. The van der Waals surface area contributed by atoms with Gasteiger partial charge >= 0.3 is 0 Å². The molecule has 2 aliphatic carbocycles. The Morgan fingerprint density at radius 1 is 0.553 bits per heavy atom. The normalized spacial score (nSPS) is 18.0. The van der Waals surface area contributed by atoms with Crippen molar-refractivity contribution >= 4 is 28.4 Å². The smallest absolute Gasteiger partial charge is 0.0629 e. The molecule has 0 fully saturated rings. The molecule has 0 amide bonds. The molecule has 6 aromatic rings. The van der Waals surface area contributed by atoms with Gasteiger partial charge in [0.1, 0.15) is 0 Å². The van der Waals surface area contributed by atoms with E-state index in [2.05, 4.69) is 194 Å². The van der Waals surface area contributed by atoms with E-state index in [1.807, 2.05) is 0 Å². The summed E-state index contributed by atoms with van der Waals surface area (Å²) in [5.74, 6) is 0.367. The van der Waals surface area contributed by atoms with E-state index in [0.29, 0.717) is 5.92 Å². The van der Waals surface area contributed by atoms with Gasteiger partial charge in [-0.2, -0.15) is 0 Å². The van der Waals surface area contributed by atoms with E-state index in [1.54, 1.807) is 0 Å². The molecule has 2 heteroatoms. The molecule has 0 bridgehead atoms. The minimum atomic E-state index is -0.0731. The van der Waals surface area contributed by atoms with Crippen molar-refractivity contribution < 1.29 is 0 Å². The average Bonchev–Trinajstić information content (AvgIpc) is 3.59. The van der Waals surface area contributed by atoms with Crippen molar-refractivity contribution in [3.8, 4) is 22.3 Å². The van der Waals surface area contributed by atoms with Gasteiger partial charge in [-0.25, -0.2) is 0 Å². The molecule has 0 radical (unpaired) electrons. The second-order valence-corrected chi connectivity index (χ2v) is 13.3. The number of allylic oxidation sites excluding steroid dienone is 2. The summed E-state index contributed by atoms with van der Waals surface area (Å²) in [5.41, 5.74) is 15.1. The Balaban J connectivity index is 1.18. The summed E-state index contributed by atoms with van der Waals surface area (Å²) in [6, 6.07) is 53.7. The molecule has 47 heavy (non-hydrogen) atoms. The van der Waals surface area contributed by atoms with Gasteiger partial charge in [0.05, 0.1) is 11.7 Å². The van der Waals surface area contributed by atoms with E-state index < -0.39 is 0 Å². The summed E-state index contributed by atoms with van der Waals surface area (Å²) < 4.78 is 0. The van der Waals surface area contributed by atoms with Gasteiger partial charge in [-0.1, -0.05) is 135 Å². The van der Waals surface area contributed by atoms with Gasteiger partial charge in [0.25, 0.3) is 0 Å². The lowest BCUT2D eigenvalue weighted by atomic mass is 9.82. The zero-order valence-electron chi connectivity index (χ0n) is 26.7. The first-order chi connectivity index (χ1) is 23.1. The van der Waals surface area contributed by atoms with Crippen LogP contribution >= 0.6 is 0 Å². The van der Waals surface area contributed by atoms with Crippen LogP contribution in [0.3, 0.4) is 0 Å². The molecule has 6 aromatic carbocycles. The molecule has 0 spiro atoms. The predicted molar refractivity (Wildman–Crippen MR) is 198 cm³/mol. The molecule has 1 heterocycles. The predicted octanol–water partition coefficient (Wildman–Crippen LogP) is 11.9. The van der Waals surface area contributed by atoms with Crippen LogP contribution in [0, 0.1) is 0 Å². The van der Waals surface area contributed by atoms with E-state index in [4.69, 9.17) is 0 Å². The van der Waals surface area contributed by atoms with Crippen molar-refractivity contribution in [2.24, 2.45) is 0 Å². The van der Waals surface area contributed by atoms with Crippen molar-refractivity contribution in [3.63, 3.8) is 0 Å². The topological polar surface area (TPSA) is 6.48 Å². The SMILES string of the molecule is CC1(C)c2ccccc2-c2c(N(c3ccc(-c4ccccc4)cc3)c3ccc(N4c5ccccc5C5C=CC=CC54)cc3)cccc21. The van der Waals surface area contributed by atoms with Crippen LogP contribution in [0.15, 0.2) is 170 Å². The van der Waals surface area contributed by atoms with Gasteiger partial charge in [-0.05, 0) is 81.9 Å². The monoisotopic (exact) mass is 604 g/mol. The van der Waals surface area contributed by atoms with Crippen molar-refractivity contribution in [1.29, 1.82) is 0 Å². The Kier molecular flexibility index (Phi) is 6.33. The highest BCUT2D eigenvalue weighted by atomic mass is 15.2. The highest BCUT2D eigenvalue weighted by molar-refractivity contribution is 5.95. The second kappa shape index (κ2) is 10.7. The van der Waals surface area contributed by atoms with E-state index in [-0.39, 0.29) is 11.5 Å². The van der Waals surface area contributed by atoms with Crippen LogP contribution in [0.25, 0.3) is 22.3 Å². The molecule has 9 rings (SSSR count). The van der Waals surface area contributed by atoms with Gasteiger partial charge < -0.3 is 9.80 Å². The van der Waals surface area contributed by atoms with Crippen LogP contribution in [0.2, 0.25) is 0 Å². The number of hydrogen-bond donors (Lipinski definition) is 0.